The highest BCUT2D eigenvalue weighted by Gasteiger charge is 2.66. The largest absolute Gasteiger partial charge is 0.497 e. The zero-order chi connectivity index (χ0) is 15.1. The Balaban J connectivity index is 2.19. The number of rotatable bonds is 4. The molecule has 1 fully saturated rings. The number of hydrogen-bond donors (Lipinski definition) is 1. The second-order valence-corrected chi connectivity index (χ2v) is 5.71. The van der Waals surface area contributed by atoms with Crippen molar-refractivity contribution in [2.45, 2.75) is 13.8 Å². The van der Waals surface area contributed by atoms with Crippen molar-refractivity contribution in [1.82, 2.24) is 0 Å². The van der Waals surface area contributed by atoms with Crippen LogP contribution in [-0.2, 0) is 9.59 Å². The number of anilines is 1. The summed E-state index contributed by atoms with van der Waals surface area (Å²) in [5, 5.41) is 9.15. The topological polar surface area (TPSA) is 66.8 Å². The molecule has 0 saturated heterocycles. The van der Waals surface area contributed by atoms with E-state index in [9.17, 15) is 9.59 Å². The Bertz CT molecular complexity index is 553. The predicted octanol–water partition coefficient (Wildman–Crippen LogP) is 2.01. The van der Waals surface area contributed by atoms with Gasteiger partial charge in [0.25, 0.3) is 0 Å². The van der Waals surface area contributed by atoms with Gasteiger partial charge >= 0.3 is 5.97 Å². The lowest BCUT2D eigenvalue weighted by Gasteiger charge is -2.18. The number of carboxylic acids is 1. The summed E-state index contributed by atoms with van der Waals surface area (Å²) in [5.74, 6) is -1.51. The molecule has 0 heterocycles. The number of methoxy groups -OCH3 is 1. The van der Waals surface area contributed by atoms with Gasteiger partial charge in [0.2, 0.25) is 5.91 Å². The van der Waals surface area contributed by atoms with E-state index in [1.54, 1.807) is 38.4 Å². The van der Waals surface area contributed by atoms with Crippen LogP contribution in [0.2, 0.25) is 0 Å². The third-order valence-corrected chi connectivity index (χ3v) is 4.13. The second-order valence-electron chi connectivity index (χ2n) is 5.71. The molecule has 2 rings (SSSR count). The first-order chi connectivity index (χ1) is 9.30. The maximum absolute atomic E-state index is 12.5. The number of carbonyl (C=O) groups excluding carboxylic acids is 1. The molecule has 108 valence electrons. The number of carbonyl (C=O) groups is 2. The van der Waals surface area contributed by atoms with Gasteiger partial charge in [0.05, 0.1) is 18.9 Å². The van der Waals surface area contributed by atoms with Crippen LogP contribution in [0.25, 0.3) is 0 Å². The standard InChI is InChI=1S/C15H19NO4/c1-15(2)11(12(15)14(18)19)13(17)16(3)9-6-5-7-10(8-9)20-4/h5-8,11-12H,1-4H3,(H,18,19). The smallest absolute Gasteiger partial charge is 0.307 e. The van der Waals surface area contributed by atoms with E-state index in [0.717, 1.165) is 0 Å². The first-order valence-electron chi connectivity index (χ1n) is 6.45. The monoisotopic (exact) mass is 277 g/mol. The quantitative estimate of drug-likeness (QED) is 0.914. The van der Waals surface area contributed by atoms with Gasteiger partial charge in [-0.1, -0.05) is 19.9 Å². The van der Waals surface area contributed by atoms with Gasteiger partial charge in [-0.05, 0) is 17.5 Å². The van der Waals surface area contributed by atoms with Crippen LogP contribution in [0.15, 0.2) is 24.3 Å². The molecule has 2 atom stereocenters. The summed E-state index contributed by atoms with van der Waals surface area (Å²) in [6.45, 7) is 3.63. The molecule has 2 unspecified atom stereocenters. The van der Waals surface area contributed by atoms with Crippen molar-refractivity contribution in [3.05, 3.63) is 24.3 Å². The van der Waals surface area contributed by atoms with E-state index in [2.05, 4.69) is 0 Å². The molecule has 0 radical (unpaired) electrons. The molecule has 20 heavy (non-hydrogen) atoms. The van der Waals surface area contributed by atoms with Crippen molar-refractivity contribution in [2.75, 3.05) is 19.1 Å². The van der Waals surface area contributed by atoms with Crippen LogP contribution in [0.5, 0.6) is 5.75 Å². The maximum atomic E-state index is 12.5. The van der Waals surface area contributed by atoms with Gasteiger partial charge in [0.15, 0.2) is 0 Å². The molecular weight excluding hydrogens is 258 g/mol. The molecule has 1 amide bonds. The lowest BCUT2D eigenvalue weighted by atomic mass is 10.1. The number of benzene rings is 1. The van der Waals surface area contributed by atoms with Gasteiger partial charge in [-0.3, -0.25) is 9.59 Å². The highest BCUT2D eigenvalue weighted by Crippen LogP contribution is 2.59. The zero-order valence-corrected chi connectivity index (χ0v) is 12.1. The Kier molecular flexibility index (Phi) is 3.46. The van der Waals surface area contributed by atoms with Gasteiger partial charge in [-0.15, -0.1) is 0 Å². The van der Waals surface area contributed by atoms with Gasteiger partial charge in [0, 0.05) is 18.8 Å². The minimum Gasteiger partial charge on any atom is -0.497 e. The van der Waals surface area contributed by atoms with Crippen LogP contribution in [-0.4, -0.2) is 31.1 Å². The highest BCUT2D eigenvalue weighted by molar-refractivity contribution is 6.01. The number of hydrogen-bond acceptors (Lipinski definition) is 3. The minimum absolute atomic E-state index is 0.171. The van der Waals surface area contributed by atoms with Gasteiger partial charge in [-0.2, -0.15) is 0 Å². The predicted molar refractivity (Wildman–Crippen MR) is 74.8 cm³/mol. The summed E-state index contributed by atoms with van der Waals surface area (Å²) in [7, 11) is 3.22. The Morgan fingerprint density at radius 2 is 1.95 bits per heavy atom. The van der Waals surface area contributed by atoms with Gasteiger partial charge in [0.1, 0.15) is 5.75 Å². The van der Waals surface area contributed by atoms with Crippen molar-refractivity contribution in [3.63, 3.8) is 0 Å². The fourth-order valence-electron chi connectivity index (χ4n) is 2.71. The normalized spacial score (nSPS) is 23.0. The molecule has 5 heteroatoms. The zero-order valence-electron chi connectivity index (χ0n) is 12.1. The fraction of sp³-hybridized carbons (Fsp3) is 0.467. The average Bonchev–Trinajstić information content (AvgIpc) is 3.00. The van der Waals surface area contributed by atoms with Crippen LogP contribution in [0.4, 0.5) is 5.69 Å². The third-order valence-electron chi connectivity index (χ3n) is 4.13. The molecule has 1 N–H and O–H groups in total. The number of ether oxygens (including phenoxy) is 1. The number of nitrogens with zero attached hydrogens (tertiary/aromatic N) is 1. The van der Waals surface area contributed by atoms with Crippen LogP contribution in [0, 0.1) is 17.3 Å². The molecule has 0 bridgehead atoms. The molecule has 5 nitrogen and oxygen atoms in total. The average molecular weight is 277 g/mol. The number of carboxylic acid groups (broad SMARTS) is 1. The number of amides is 1. The van der Waals surface area contributed by atoms with E-state index in [-0.39, 0.29) is 5.91 Å². The Hall–Kier alpha value is -2.04. The van der Waals surface area contributed by atoms with Crippen LogP contribution in [0.3, 0.4) is 0 Å². The molecule has 1 saturated carbocycles. The summed E-state index contributed by atoms with van der Waals surface area (Å²) in [6, 6.07) is 7.14. The molecule has 0 aromatic heterocycles. The maximum Gasteiger partial charge on any atom is 0.307 e. The van der Waals surface area contributed by atoms with Crippen LogP contribution >= 0.6 is 0 Å². The molecule has 1 aromatic rings. The van der Waals surface area contributed by atoms with Crippen LogP contribution in [0.1, 0.15) is 13.8 Å². The van der Waals surface area contributed by atoms with E-state index >= 15 is 0 Å². The van der Waals surface area contributed by atoms with Crippen molar-refractivity contribution in [1.29, 1.82) is 0 Å². The van der Waals surface area contributed by atoms with Crippen LogP contribution < -0.4 is 9.64 Å². The lowest BCUT2D eigenvalue weighted by molar-refractivity contribution is -0.140. The first-order valence-corrected chi connectivity index (χ1v) is 6.45. The summed E-state index contributed by atoms with van der Waals surface area (Å²) in [4.78, 5) is 25.1. The summed E-state index contributed by atoms with van der Waals surface area (Å²) in [6.07, 6.45) is 0. The summed E-state index contributed by atoms with van der Waals surface area (Å²) < 4.78 is 5.13. The molecule has 0 spiro atoms. The summed E-state index contributed by atoms with van der Waals surface area (Å²) >= 11 is 0. The van der Waals surface area contributed by atoms with Crippen molar-refractivity contribution >= 4 is 17.6 Å². The van der Waals surface area contributed by atoms with Crippen molar-refractivity contribution < 1.29 is 19.4 Å². The Morgan fingerprint density at radius 1 is 1.30 bits per heavy atom. The van der Waals surface area contributed by atoms with E-state index in [1.807, 2.05) is 13.8 Å². The first kappa shape index (κ1) is 14.4. The second kappa shape index (κ2) is 4.81. The van der Waals surface area contributed by atoms with E-state index in [4.69, 9.17) is 9.84 Å². The van der Waals surface area contributed by atoms with Crippen molar-refractivity contribution in [3.8, 4) is 5.75 Å². The third kappa shape index (κ3) is 2.24. The van der Waals surface area contributed by atoms with E-state index in [1.165, 1.54) is 4.90 Å². The van der Waals surface area contributed by atoms with Gasteiger partial charge in [-0.25, -0.2) is 0 Å². The Labute approximate surface area is 118 Å². The molecule has 1 aromatic carbocycles. The minimum atomic E-state index is -0.910. The molecular formula is C15H19NO4. The highest BCUT2D eigenvalue weighted by atomic mass is 16.5. The molecule has 1 aliphatic carbocycles. The SMILES string of the molecule is COc1cccc(N(C)C(=O)C2C(C(=O)O)C2(C)C)c1. The van der Waals surface area contributed by atoms with Crippen molar-refractivity contribution in [2.24, 2.45) is 17.3 Å². The molecule has 1 aliphatic rings. The lowest BCUT2D eigenvalue weighted by Crippen LogP contribution is -2.29. The van der Waals surface area contributed by atoms with E-state index in [0.29, 0.717) is 11.4 Å². The molecule has 0 aliphatic heterocycles. The Morgan fingerprint density at radius 3 is 2.45 bits per heavy atom. The van der Waals surface area contributed by atoms with E-state index < -0.39 is 23.2 Å². The fourth-order valence-corrected chi connectivity index (χ4v) is 2.71. The number of aliphatic carboxylic acids is 1. The van der Waals surface area contributed by atoms with Gasteiger partial charge < -0.3 is 14.7 Å². The summed E-state index contributed by atoms with van der Waals surface area (Å²) in [5.41, 5.74) is 0.206.